The van der Waals surface area contributed by atoms with Gasteiger partial charge < -0.3 is 10.4 Å². The van der Waals surface area contributed by atoms with Gasteiger partial charge in [-0.05, 0) is 5.56 Å². The lowest BCUT2D eigenvalue weighted by Crippen LogP contribution is -2.38. The highest BCUT2D eigenvalue weighted by Gasteiger charge is 2.44. The van der Waals surface area contributed by atoms with Crippen molar-refractivity contribution in [2.45, 2.75) is 12.7 Å². The molecule has 1 aromatic rings. The molecule has 0 radical (unpaired) electrons. The molecule has 0 aromatic heterocycles. The third-order valence-electron chi connectivity index (χ3n) is 2.21. The third kappa shape index (κ3) is 4.44. The van der Waals surface area contributed by atoms with Gasteiger partial charge in [-0.1, -0.05) is 30.3 Å². The van der Waals surface area contributed by atoms with Gasteiger partial charge in [-0.3, -0.25) is 4.79 Å². The molecule has 0 saturated carbocycles. The number of carboxylic acid groups (broad SMARTS) is 1. The van der Waals surface area contributed by atoms with Gasteiger partial charge in [0.15, 0.2) is 5.92 Å². The van der Waals surface area contributed by atoms with Gasteiger partial charge in [0.25, 0.3) is 0 Å². The zero-order valence-electron chi connectivity index (χ0n) is 8.87. The summed E-state index contributed by atoms with van der Waals surface area (Å²) in [5.74, 6) is -4.23. The lowest BCUT2D eigenvalue weighted by Gasteiger charge is -2.16. The number of aliphatic carboxylic acids is 1. The number of nitrogens with one attached hydrogen (secondary N) is 1. The van der Waals surface area contributed by atoms with Crippen LogP contribution in [0, 0.1) is 5.92 Å². The Hall–Kier alpha value is -1.56. The minimum absolute atomic E-state index is 0.209. The van der Waals surface area contributed by atoms with Crippen LogP contribution in [0.5, 0.6) is 0 Å². The summed E-state index contributed by atoms with van der Waals surface area (Å²) in [7, 11) is 0. The van der Waals surface area contributed by atoms with Gasteiger partial charge >= 0.3 is 12.1 Å². The molecule has 0 amide bonds. The SMILES string of the molecule is O=C(O)[C@@H](CNCc1ccccc1)C(F)(F)F. The third-order valence-corrected chi connectivity index (χ3v) is 2.21. The Morgan fingerprint density at radius 2 is 1.88 bits per heavy atom. The molecule has 0 heterocycles. The van der Waals surface area contributed by atoms with Crippen molar-refractivity contribution in [1.82, 2.24) is 5.32 Å². The monoisotopic (exact) mass is 247 g/mol. The average molecular weight is 247 g/mol. The Morgan fingerprint density at radius 1 is 1.29 bits per heavy atom. The van der Waals surface area contributed by atoms with E-state index in [0.717, 1.165) is 5.56 Å². The molecule has 2 N–H and O–H groups in total. The van der Waals surface area contributed by atoms with Gasteiger partial charge in [-0.25, -0.2) is 0 Å². The minimum atomic E-state index is -4.73. The summed E-state index contributed by atoms with van der Waals surface area (Å²) < 4.78 is 36.8. The van der Waals surface area contributed by atoms with Crippen LogP contribution in [0.3, 0.4) is 0 Å². The number of hydrogen-bond acceptors (Lipinski definition) is 2. The van der Waals surface area contributed by atoms with Crippen LogP contribution >= 0.6 is 0 Å². The molecule has 0 saturated heterocycles. The summed E-state index contributed by atoms with van der Waals surface area (Å²) in [4.78, 5) is 10.4. The number of carbonyl (C=O) groups is 1. The summed E-state index contributed by atoms with van der Waals surface area (Å²) >= 11 is 0. The van der Waals surface area contributed by atoms with E-state index in [4.69, 9.17) is 5.11 Å². The average Bonchev–Trinajstić information content (AvgIpc) is 2.23. The largest absolute Gasteiger partial charge is 0.481 e. The maximum atomic E-state index is 12.3. The smallest absolute Gasteiger partial charge is 0.403 e. The molecule has 0 unspecified atom stereocenters. The molecule has 1 rings (SSSR count). The predicted octanol–water partition coefficient (Wildman–Crippen LogP) is 2.04. The minimum Gasteiger partial charge on any atom is -0.481 e. The molecule has 17 heavy (non-hydrogen) atoms. The zero-order chi connectivity index (χ0) is 12.9. The van der Waals surface area contributed by atoms with E-state index >= 15 is 0 Å². The van der Waals surface area contributed by atoms with Gasteiger partial charge in [0.05, 0.1) is 0 Å². The van der Waals surface area contributed by atoms with Crippen molar-refractivity contribution in [2.75, 3.05) is 6.54 Å². The van der Waals surface area contributed by atoms with E-state index < -0.39 is 24.6 Å². The molecule has 94 valence electrons. The highest BCUT2D eigenvalue weighted by Crippen LogP contribution is 2.25. The van der Waals surface area contributed by atoms with Crippen LogP contribution < -0.4 is 5.32 Å². The van der Waals surface area contributed by atoms with Crippen LogP contribution in [-0.4, -0.2) is 23.8 Å². The fourth-order valence-corrected chi connectivity index (χ4v) is 1.30. The fourth-order valence-electron chi connectivity index (χ4n) is 1.30. The Labute approximate surface area is 96.3 Å². The number of benzene rings is 1. The van der Waals surface area contributed by atoms with E-state index in [-0.39, 0.29) is 6.54 Å². The highest BCUT2D eigenvalue weighted by molar-refractivity contribution is 5.71. The molecule has 1 aromatic carbocycles. The lowest BCUT2D eigenvalue weighted by molar-refractivity contribution is -0.192. The summed E-state index contributed by atoms with van der Waals surface area (Å²) in [6.07, 6.45) is -4.73. The first-order valence-corrected chi connectivity index (χ1v) is 4.95. The van der Waals surface area contributed by atoms with Crippen molar-refractivity contribution < 1.29 is 23.1 Å². The predicted molar refractivity (Wildman–Crippen MR) is 55.3 cm³/mol. The normalized spacial score (nSPS) is 13.4. The van der Waals surface area contributed by atoms with E-state index in [9.17, 15) is 18.0 Å². The molecule has 0 aliphatic heterocycles. The van der Waals surface area contributed by atoms with Crippen LogP contribution in [0.15, 0.2) is 30.3 Å². The maximum Gasteiger partial charge on any atom is 0.403 e. The maximum absolute atomic E-state index is 12.3. The van der Waals surface area contributed by atoms with Crippen molar-refractivity contribution in [3.05, 3.63) is 35.9 Å². The highest BCUT2D eigenvalue weighted by atomic mass is 19.4. The van der Waals surface area contributed by atoms with Gasteiger partial charge in [-0.15, -0.1) is 0 Å². The standard InChI is InChI=1S/C11H12F3NO2/c12-11(13,14)9(10(16)17)7-15-6-8-4-2-1-3-5-8/h1-5,9,15H,6-7H2,(H,16,17)/t9-/m1/s1. The Morgan fingerprint density at radius 3 is 2.35 bits per heavy atom. The van der Waals surface area contributed by atoms with Crippen molar-refractivity contribution in [1.29, 1.82) is 0 Å². The molecule has 1 atom stereocenters. The number of alkyl halides is 3. The topological polar surface area (TPSA) is 49.3 Å². The zero-order valence-corrected chi connectivity index (χ0v) is 8.87. The first-order chi connectivity index (χ1) is 7.91. The summed E-state index contributed by atoms with van der Waals surface area (Å²) in [6.45, 7) is -0.422. The van der Waals surface area contributed by atoms with Gasteiger partial charge in [-0.2, -0.15) is 13.2 Å². The lowest BCUT2D eigenvalue weighted by atomic mass is 10.1. The molecule has 0 bridgehead atoms. The molecular formula is C11H12F3NO2. The number of halogens is 3. The van der Waals surface area contributed by atoms with Gasteiger partial charge in [0.2, 0.25) is 0 Å². The van der Waals surface area contributed by atoms with E-state index in [1.807, 2.05) is 0 Å². The van der Waals surface area contributed by atoms with Crippen LogP contribution in [0.25, 0.3) is 0 Å². The number of rotatable bonds is 5. The molecule has 0 aliphatic rings. The first-order valence-electron chi connectivity index (χ1n) is 4.95. The second kappa shape index (κ2) is 5.67. The van der Waals surface area contributed by atoms with Crippen molar-refractivity contribution in [2.24, 2.45) is 5.92 Å². The number of hydrogen-bond donors (Lipinski definition) is 2. The van der Waals surface area contributed by atoms with Crippen molar-refractivity contribution >= 4 is 5.97 Å². The van der Waals surface area contributed by atoms with E-state index in [2.05, 4.69) is 5.32 Å². The molecule has 0 spiro atoms. The van der Waals surface area contributed by atoms with Crippen LogP contribution in [-0.2, 0) is 11.3 Å². The quantitative estimate of drug-likeness (QED) is 0.837. The molecule has 0 aliphatic carbocycles. The van der Waals surface area contributed by atoms with Crippen molar-refractivity contribution in [3.8, 4) is 0 Å². The van der Waals surface area contributed by atoms with Crippen LogP contribution in [0.2, 0.25) is 0 Å². The first kappa shape index (κ1) is 13.5. The second-order valence-corrected chi connectivity index (χ2v) is 3.55. The fraction of sp³-hybridized carbons (Fsp3) is 0.364. The van der Waals surface area contributed by atoms with E-state index in [1.54, 1.807) is 30.3 Å². The second-order valence-electron chi connectivity index (χ2n) is 3.55. The molecule has 3 nitrogen and oxygen atoms in total. The van der Waals surface area contributed by atoms with Gasteiger partial charge in [0.1, 0.15) is 0 Å². The molecule has 6 heteroatoms. The van der Waals surface area contributed by atoms with E-state index in [0.29, 0.717) is 0 Å². The molecule has 0 fully saturated rings. The Kier molecular flexibility index (Phi) is 4.51. The summed E-state index contributed by atoms with van der Waals surface area (Å²) in [5, 5.41) is 10.9. The van der Waals surface area contributed by atoms with E-state index in [1.165, 1.54) is 0 Å². The van der Waals surface area contributed by atoms with Crippen LogP contribution in [0.1, 0.15) is 5.56 Å². The van der Waals surface area contributed by atoms with Crippen molar-refractivity contribution in [3.63, 3.8) is 0 Å². The summed E-state index contributed by atoms with van der Waals surface area (Å²) in [6, 6.07) is 8.80. The van der Waals surface area contributed by atoms with Crippen LogP contribution in [0.4, 0.5) is 13.2 Å². The Balaban J connectivity index is 2.46. The molecular weight excluding hydrogens is 235 g/mol. The Bertz CT molecular complexity index is 365. The van der Waals surface area contributed by atoms with Gasteiger partial charge in [0, 0.05) is 13.1 Å². The summed E-state index contributed by atoms with van der Waals surface area (Å²) in [5.41, 5.74) is 0.804. The number of carboxylic acids is 1.